The van der Waals surface area contributed by atoms with Gasteiger partial charge < -0.3 is 4.90 Å². The van der Waals surface area contributed by atoms with Gasteiger partial charge in [0.2, 0.25) is 5.91 Å². The number of rotatable bonds is 4. The fraction of sp³-hybridized carbons (Fsp3) is 0.571. The van der Waals surface area contributed by atoms with Gasteiger partial charge in [0.1, 0.15) is 0 Å². The van der Waals surface area contributed by atoms with Gasteiger partial charge in [-0.2, -0.15) is 0 Å². The Kier molecular flexibility index (Phi) is 6.32. The van der Waals surface area contributed by atoms with Gasteiger partial charge in [0.05, 0.1) is 24.5 Å². The molecule has 2 saturated heterocycles. The molecule has 0 unspecified atom stereocenters. The van der Waals surface area contributed by atoms with Crippen molar-refractivity contribution in [3.8, 4) is 0 Å². The summed E-state index contributed by atoms with van der Waals surface area (Å²) >= 11 is 3.36. The van der Waals surface area contributed by atoms with E-state index in [2.05, 4.69) is 25.7 Å². The van der Waals surface area contributed by atoms with Gasteiger partial charge >= 0.3 is 5.91 Å². The van der Waals surface area contributed by atoms with Gasteiger partial charge in [-0.25, -0.2) is 0 Å². The zero-order valence-corrected chi connectivity index (χ0v) is 18.2. The first-order valence-electron chi connectivity index (χ1n) is 10.4. The minimum absolute atomic E-state index is 0.236. The summed E-state index contributed by atoms with van der Waals surface area (Å²) in [6.07, 6.45) is 4.67. The van der Waals surface area contributed by atoms with Crippen molar-refractivity contribution in [1.82, 2.24) is 14.7 Å². The highest BCUT2D eigenvalue weighted by atomic mass is 79.9. The maximum absolute atomic E-state index is 12.6. The number of piperazine rings is 1. The van der Waals surface area contributed by atoms with Crippen LogP contribution in [0, 0.1) is 0 Å². The van der Waals surface area contributed by atoms with E-state index < -0.39 is 11.7 Å². The van der Waals surface area contributed by atoms with Gasteiger partial charge in [0, 0.05) is 43.7 Å². The second-order valence-electron chi connectivity index (χ2n) is 8.05. The van der Waals surface area contributed by atoms with E-state index in [1.807, 2.05) is 17.0 Å². The molecule has 4 rings (SSSR count). The van der Waals surface area contributed by atoms with Crippen LogP contribution in [0.25, 0.3) is 0 Å². The smallest absolute Gasteiger partial charge is 0.300 e. The summed E-state index contributed by atoms with van der Waals surface area (Å²) in [6.45, 7) is 5.80. The number of amides is 2. The summed E-state index contributed by atoms with van der Waals surface area (Å²) in [5, 5.41) is 0. The highest BCUT2D eigenvalue weighted by Crippen LogP contribution is 2.31. The van der Waals surface area contributed by atoms with E-state index in [0.717, 1.165) is 56.6 Å². The van der Waals surface area contributed by atoms with Crippen LogP contribution in [-0.4, -0.2) is 84.8 Å². The molecule has 2 fully saturated rings. The molecule has 8 heteroatoms. The van der Waals surface area contributed by atoms with Crippen LogP contribution < -0.4 is 4.90 Å². The van der Waals surface area contributed by atoms with E-state index in [9.17, 15) is 14.4 Å². The van der Waals surface area contributed by atoms with Crippen LogP contribution in [0.15, 0.2) is 22.7 Å². The van der Waals surface area contributed by atoms with E-state index in [1.165, 1.54) is 12.8 Å². The number of hydrogen-bond donors (Lipinski definition) is 0. The van der Waals surface area contributed by atoms with Crippen molar-refractivity contribution in [3.63, 3.8) is 0 Å². The van der Waals surface area contributed by atoms with Crippen LogP contribution in [0.4, 0.5) is 5.69 Å². The molecule has 3 heterocycles. The Morgan fingerprint density at radius 1 is 0.897 bits per heavy atom. The quantitative estimate of drug-likeness (QED) is 0.639. The van der Waals surface area contributed by atoms with Crippen LogP contribution in [0.1, 0.15) is 36.0 Å². The van der Waals surface area contributed by atoms with Gasteiger partial charge in [-0.15, -0.1) is 0 Å². The molecule has 156 valence electrons. The van der Waals surface area contributed by atoms with E-state index in [1.54, 1.807) is 11.0 Å². The van der Waals surface area contributed by atoms with Gasteiger partial charge in [-0.05, 0) is 31.0 Å². The number of likely N-dealkylation sites (tertiary alicyclic amines) is 1. The van der Waals surface area contributed by atoms with Crippen molar-refractivity contribution in [1.29, 1.82) is 0 Å². The summed E-state index contributed by atoms with van der Waals surface area (Å²) in [6, 6.07) is 5.38. The number of ketones is 1. The molecule has 1 aromatic rings. The third-order valence-corrected chi connectivity index (χ3v) is 6.55. The van der Waals surface area contributed by atoms with Gasteiger partial charge in [-0.1, -0.05) is 28.8 Å². The normalized spacial score (nSPS) is 21.4. The maximum Gasteiger partial charge on any atom is 0.300 e. The lowest BCUT2D eigenvalue weighted by molar-refractivity contribution is -0.132. The first kappa shape index (κ1) is 20.5. The fourth-order valence-electron chi connectivity index (χ4n) is 4.31. The van der Waals surface area contributed by atoms with Crippen molar-refractivity contribution in [3.05, 3.63) is 28.2 Å². The van der Waals surface area contributed by atoms with Crippen LogP contribution in [-0.2, 0) is 9.59 Å². The highest BCUT2D eigenvalue weighted by Gasteiger charge is 2.37. The van der Waals surface area contributed by atoms with E-state index in [4.69, 9.17) is 0 Å². The molecule has 2 amide bonds. The van der Waals surface area contributed by atoms with Crippen molar-refractivity contribution in [2.45, 2.75) is 25.7 Å². The minimum Gasteiger partial charge on any atom is -0.342 e. The molecule has 29 heavy (non-hydrogen) atoms. The molecule has 3 aliphatic heterocycles. The predicted molar refractivity (Wildman–Crippen MR) is 114 cm³/mol. The number of fused-ring (bicyclic) bond motifs is 1. The number of benzene rings is 1. The second kappa shape index (κ2) is 8.93. The van der Waals surface area contributed by atoms with Crippen molar-refractivity contribution in [2.24, 2.45) is 0 Å². The molecule has 0 aromatic heterocycles. The average molecular weight is 463 g/mol. The number of nitrogens with zero attached hydrogens (tertiary/aromatic N) is 4. The van der Waals surface area contributed by atoms with Gasteiger partial charge in [0.15, 0.2) is 0 Å². The van der Waals surface area contributed by atoms with Crippen LogP contribution in [0.5, 0.6) is 0 Å². The van der Waals surface area contributed by atoms with E-state index in [-0.39, 0.29) is 5.91 Å². The third kappa shape index (κ3) is 4.54. The molecule has 0 aliphatic carbocycles. The number of halogens is 1. The molecule has 7 nitrogen and oxygen atoms in total. The molecular formula is C21H27BrN4O3. The van der Waals surface area contributed by atoms with Gasteiger partial charge in [0.25, 0.3) is 5.78 Å². The lowest BCUT2D eigenvalue weighted by Gasteiger charge is -2.37. The summed E-state index contributed by atoms with van der Waals surface area (Å²) in [5.41, 5.74) is 1.15. The van der Waals surface area contributed by atoms with Gasteiger partial charge in [-0.3, -0.25) is 29.1 Å². The lowest BCUT2D eigenvalue weighted by Crippen LogP contribution is -2.53. The molecule has 0 spiro atoms. The Labute approximate surface area is 179 Å². The number of Topliss-reactive ketones (excluding diaryl/α,β-unsaturated/α-hetero) is 1. The topological polar surface area (TPSA) is 64.2 Å². The molecule has 3 aliphatic rings. The largest absolute Gasteiger partial charge is 0.342 e. The predicted octanol–water partition coefficient (Wildman–Crippen LogP) is 1.96. The Hall–Kier alpha value is -1.77. The summed E-state index contributed by atoms with van der Waals surface area (Å²) < 4.78 is 0.793. The SMILES string of the molecule is O=C1C(=O)N(CN2CCN(CC(=O)N3CCCCCC3)CC2)c2ccc(Br)cc21. The molecule has 0 N–H and O–H groups in total. The van der Waals surface area contributed by atoms with Crippen LogP contribution >= 0.6 is 15.9 Å². The molecule has 0 bridgehead atoms. The summed E-state index contributed by atoms with van der Waals surface area (Å²) in [7, 11) is 0. The summed E-state index contributed by atoms with van der Waals surface area (Å²) in [5.74, 6) is -0.667. The number of carbonyl (C=O) groups excluding carboxylic acids is 3. The Morgan fingerprint density at radius 3 is 2.24 bits per heavy atom. The molecule has 0 atom stereocenters. The fourth-order valence-corrected chi connectivity index (χ4v) is 4.67. The van der Waals surface area contributed by atoms with Crippen molar-refractivity contribution in [2.75, 3.05) is 57.4 Å². The summed E-state index contributed by atoms with van der Waals surface area (Å²) in [4.78, 5) is 45.3. The Morgan fingerprint density at radius 2 is 1.55 bits per heavy atom. The molecule has 1 aromatic carbocycles. The monoisotopic (exact) mass is 462 g/mol. The number of carbonyl (C=O) groups is 3. The van der Waals surface area contributed by atoms with Crippen LogP contribution in [0.3, 0.4) is 0 Å². The van der Waals surface area contributed by atoms with Crippen molar-refractivity contribution >= 4 is 39.2 Å². The number of hydrogen-bond acceptors (Lipinski definition) is 5. The zero-order valence-electron chi connectivity index (χ0n) is 16.6. The average Bonchev–Trinajstić information content (AvgIpc) is 2.92. The first-order valence-corrected chi connectivity index (χ1v) is 11.2. The minimum atomic E-state index is -0.461. The Bertz CT molecular complexity index is 799. The molecule has 0 radical (unpaired) electrons. The lowest BCUT2D eigenvalue weighted by atomic mass is 10.1. The standard InChI is InChI=1S/C21H27BrN4O3/c22-16-5-6-18-17(13-16)20(28)21(29)26(18)15-24-11-9-23(10-12-24)14-19(27)25-7-3-1-2-4-8-25/h5-6,13H,1-4,7-12,14-15H2. The van der Waals surface area contributed by atoms with Crippen LogP contribution in [0.2, 0.25) is 0 Å². The van der Waals surface area contributed by atoms with E-state index in [0.29, 0.717) is 24.5 Å². The second-order valence-corrected chi connectivity index (χ2v) is 8.97. The first-order chi connectivity index (χ1) is 14.0. The zero-order chi connectivity index (χ0) is 20.4. The highest BCUT2D eigenvalue weighted by molar-refractivity contribution is 9.10. The van der Waals surface area contributed by atoms with E-state index >= 15 is 0 Å². The Balaban J connectivity index is 1.30. The maximum atomic E-state index is 12.6. The van der Waals surface area contributed by atoms with Crippen molar-refractivity contribution < 1.29 is 14.4 Å². The number of anilines is 1. The molecule has 0 saturated carbocycles. The molecular weight excluding hydrogens is 436 g/mol. The third-order valence-electron chi connectivity index (χ3n) is 6.06.